The van der Waals surface area contributed by atoms with Gasteiger partial charge in [0.05, 0.1) is 4.90 Å². The van der Waals surface area contributed by atoms with Gasteiger partial charge in [-0.05, 0) is 78.4 Å². The van der Waals surface area contributed by atoms with Gasteiger partial charge < -0.3 is 10.6 Å². The number of carbonyl (C=O) groups excluding carboxylic acids is 1. The van der Waals surface area contributed by atoms with E-state index in [1.165, 1.54) is 4.31 Å². The first-order valence-electron chi connectivity index (χ1n) is 9.63. The SMILES string of the molecule is Cc1ccc(NC(=O)NCC2CCCN(S(=O)(=O)c3ccc(C)cc3Br)C2)cc1. The van der Waals surface area contributed by atoms with Gasteiger partial charge in [-0.25, -0.2) is 13.2 Å². The van der Waals surface area contributed by atoms with Gasteiger partial charge in [0.2, 0.25) is 10.0 Å². The van der Waals surface area contributed by atoms with Gasteiger partial charge in [-0.3, -0.25) is 0 Å². The number of piperidine rings is 1. The van der Waals surface area contributed by atoms with E-state index in [1.54, 1.807) is 12.1 Å². The van der Waals surface area contributed by atoms with Crippen LogP contribution in [0, 0.1) is 19.8 Å². The minimum atomic E-state index is -3.58. The molecule has 2 amide bonds. The first-order chi connectivity index (χ1) is 13.8. The second kappa shape index (κ2) is 9.28. The fourth-order valence-electron chi connectivity index (χ4n) is 3.42. The van der Waals surface area contributed by atoms with Crippen molar-refractivity contribution < 1.29 is 13.2 Å². The molecule has 2 N–H and O–H groups in total. The van der Waals surface area contributed by atoms with Crippen molar-refractivity contribution in [1.29, 1.82) is 0 Å². The number of carbonyl (C=O) groups is 1. The van der Waals surface area contributed by atoms with Gasteiger partial charge in [-0.1, -0.05) is 23.8 Å². The van der Waals surface area contributed by atoms with Crippen molar-refractivity contribution in [3.8, 4) is 0 Å². The zero-order valence-electron chi connectivity index (χ0n) is 16.6. The lowest BCUT2D eigenvalue weighted by Crippen LogP contribution is -2.44. The first kappa shape index (κ1) is 21.8. The third-order valence-corrected chi connectivity index (χ3v) is 7.89. The highest BCUT2D eigenvalue weighted by atomic mass is 79.9. The predicted octanol–water partition coefficient (Wildman–Crippen LogP) is 4.29. The lowest BCUT2D eigenvalue weighted by atomic mass is 10.00. The Morgan fingerprint density at radius 1 is 1.14 bits per heavy atom. The molecule has 0 spiro atoms. The summed E-state index contributed by atoms with van der Waals surface area (Å²) in [6, 6.07) is 12.5. The van der Waals surface area contributed by atoms with Gasteiger partial charge in [0.15, 0.2) is 0 Å². The molecule has 0 radical (unpaired) electrons. The number of halogens is 1. The van der Waals surface area contributed by atoms with E-state index in [1.807, 2.05) is 44.2 Å². The molecule has 1 aliphatic rings. The molecule has 1 saturated heterocycles. The van der Waals surface area contributed by atoms with Gasteiger partial charge in [-0.2, -0.15) is 4.31 Å². The van der Waals surface area contributed by atoms with E-state index in [0.717, 1.165) is 29.7 Å². The topological polar surface area (TPSA) is 78.5 Å². The fourth-order valence-corrected chi connectivity index (χ4v) is 6.12. The molecule has 1 unspecified atom stereocenters. The normalized spacial score (nSPS) is 17.7. The van der Waals surface area contributed by atoms with E-state index in [0.29, 0.717) is 24.1 Å². The van der Waals surface area contributed by atoms with E-state index in [2.05, 4.69) is 26.6 Å². The monoisotopic (exact) mass is 479 g/mol. The molecule has 0 aromatic heterocycles. The largest absolute Gasteiger partial charge is 0.338 e. The number of nitrogens with zero attached hydrogens (tertiary/aromatic N) is 1. The molecule has 0 saturated carbocycles. The lowest BCUT2D eigenvalue weighted by Gasteiger charge is -2.32. The maximum Gasteiger partial charge on any atom is 0.319 e. The lowest BCUT2D eigenvalue weighted by molar-refractivity contribution is 0.238. The standard InChI is InChI=1S/C21H26BrN3O3S/c1-15-5-8-18(9-6-15)24-21(26)23-13-17-4-3-11-25(14-17)29(27,28)20-10-7-16(2)12-19(20)22/h5-10,12,17H,3-4,11,13-14H2,1-2H3,(H2,23,24,26). The molecule has 1 atom stereocenters. The summed E-state index contributed by atoms with van der Waals surface area (Å²) in [4.78, 5) is 12.4. The van der Waals surface area contributed by atoms with Gasteiger partial charge in [0, 0.05) is 29.8 Å². The van der Waals surface area contributed by atoms with Crippen LogP contribution in [-0.2, 0) is 10.0 Å². The van der Waals surface area contributed by atoms with Gasteiger partial charge >= 0.3 is 6.03 Å². The Hall–Kier alpha value is -1.90. The average molecular weight is 480 g/mol. The molecule has 2 aromatic rings. The minimum Gasteiger partial charge on any atom is -0.338 e. The molecule has 1 aliphatic heterocycles. The van der Waals surface area contributed by atoms with Crippen molar-refractivity contribution in [2.24, 2.45) is 5.92 Å². The average Bonchev–Trinajstić information content (AvgIpc) is 2.68. The summed E-state index contributed by atoms with van der Waals surface area (Å²) in [7, 11) is -3.58. The summed E-state index contributed by atoms with van der Waals surface area (Å²) in [6.07, 6.45) is 1.65. The van der Waals surface area contributed by atoms with Crippen LogP contribution in [0.2, 0.25) is 0 Å². The molecule has 156 valence electrons. The molecule has 1 heterocycles. The number of amides is 2. The number of hydrogen-bond donors (Lipinski definition) is 2. The van der Waals surface area contributed by atoms with E-state index < -0.39 is 10.0 Å². The van der Waals surface area contributed by atoms with Gasteiger partial charge in [-0.15, -0.1) is 0 Å². The van der Waals surface area contributed by atoms with Crippen LogP contribution < -0.4 is 10.6 Å². The Bertz CT molecular complexity index is 977. The smallest absolute Gasteiger partial charge is 0.319 e. The quantitative estimate of drug-likeness (QED) is 0.671. The molecule has 2 aromatic carbocycles. The van der Waals surface area contributed by atoms with Crippen LogP contribution >= 0.6 is 15.9 Å². The highest BCUT2D eigenvalue weighted by Gasteiger charge is 2.31. The number of urea groups is 1. The Morgan fingerprint density at radius 2 is 1.83 bits per heavy atom. The molecule has 0 bridgehead atoms. The van der Waals surface area contributed by atoms with E-state index in [4.69, 9.17) is 0 Å². The number of rotatable bonds is 5. The van der Waals surface area contributed by atoms with Gasteiger partial charge in [0.1, 0.15) is 0 Å². The van der Waals surface area contributed by atoms with Crippen LogP contribution in [0.5, 0.6) is 0 Å². The number of nitrogens with one attached hydrogen (secondary N) is 2. The van der Waals surface area contributed by atoms with Crippen LogP contribution in [0.15, 0.2) is 51.8 Å². The Kier molecular flexibility index (Phi) is 6.97. The maximum atomic E-state index is 13.1. The minimum absolute atomic E-state index is 0.0755. The number of sulfonamides is 1. The van der Waals surface area contributed by atoms with E-state index in [-0.39, 0.29) is 16.8 Å². The third kappa shape index (κ3) is 5.58. The van der Waals surface area contributed by atoms with E-state index in [9.17, 15) is 13.2 Å². The summed E-state index contributed by atoms with van der Waals surface area (Å²) in [6.45, 7) is 5.23. The van der Waals surface area contributed by atoms with Crippen molar-refractivity contribution in [1.82, 2.24) is 9.62 Å². The molecule has 6 nitrogen and oxygen atoms in total. The summed E-state index contributed by atoms with van der Waals surface area (Å²) in [5.74, 6) is 0.0755. The third-order valence-electron chi connectivity index (χ3n) is 5.05. The maximum absolute atomic E-state index is 13.1. The Labute approximate surface area is 180 Å². The van der Waals surface area contributed by atoms with Gasteiger partial charge in [0.25, 0.3) is 0 Å². The van der Waals surface area contributed by atoms with Crippen LogP contribution in [-0.4, -0.2) is 38.4 Å². The Balaban J connectivity index is 1.58. The van der Waals surface area contributed by atoms with Crippen molar-refractivity contribution in [3.63, 3.8) is 0 Å². The summed E-state index contributed by atoms with van der Waals surface area (Å²) >= 11 is 3.38. The number of hydrogen-bond acceptors (Lipinski definition) is 3. The van der Waals surface area contributed by atoms with Crippen molar-refractivity contribution in [2.45, 2.75) is 31.6 Å². The fraction of sp³-hybridized carbons (Fsp3) is 0.381. The zero-order valence-corrected chi connectivity index (χ0v) is 19.0. The first-order valence-corrected chi connectivity index (χ1v) is 11.9. The number of aryl methyl sites for hydroxylation is 2. The highest BCUT2D eigenvalue weighted by molar-refractivity contribution is 9.10. The van der Waals surface area contributed by atoms with Crippen LogP contribution in [0.4, 0.5) is 10.5 Å². The second-order valence-electron chi connectivity index (χ2n) is 7.51. The van der Waals surface area contributed by atoms with Crippen LogP contribution in [0.25, 0.3) is 0 Å². The number of anilines is 1. The molecule has 8 heteroatoms. The molecule has 1 fully saturated rings. The molecule has 0 aliphatic carbocycles. The zero-order chi connectivity index (χ0) is 21.0. The molecular weight excluding hydrogens is 454 g/mol. The number of benzene rings is 2. The van der Waals surface area contributed by atoms with Crippen molar-refractivity contribution in [2.75, 3.05) is 25.0 Å². The summed E-state index contributed by atoms with van der Waals surface area (Å²) < 4.78 is 28.2. The summed E-state index contributed by atoms with van der Waals surface area (Å²) in [5.41, 5.74) is 2.85. The van der Waals surface area contributed by atoms with Crippen LogP contribution in [0.1, 0.15) is 24.0 Å². The highest BCUT2D eigenvalue weighted by Crippen LogP contribution is 2.29. The van der Waals surface area contributed by atoms with Crippen LogP contribution in [0.3, 0.4) is 0 Å². The second-order valence-corrected chi connectivity index (χ2v) is 10.3. The molecular formula is C21H26BrN3O3S. The Morgan fingerprint density at radius 3 is 2.52 bits per heavy atom. The van der Waals surface area contributed by atoms with Crippen molar-refractivity contribution in [3.05, 3.63) is 58.1 Å². The molecule has 3 rings (SSSR count). The predicted molar refractivity (Wildman–Crippen MR) is 119 cm³/mol. The van der Waals surface area contributed by atoms with Crippen molar-refractivity contribution >= 4 is 37.7 Å². The van der Waals surface area contributed by atoms with E-state index >= 15 is 0 Å². The summed E-state index contributed by atoms with van der Waals surface area (Å²) in [5, 5.41) is 5.67. The molecule has 29 heavy (non-hydrogen) atoms.